The van der Waals surface area contributed by atoms with Crippen LogP contribution in [0.15, 0.2) is 18.2 Å². The lowest BCUT2D eigenvalue weighted by atomic mass is 9.83. The lowest BCUT2D eigenvalue weighted by Crippen LogP contribution is -2.10. The number of carboxylic acids is 1. The van der Waals surface area contributed by atoms with E-state index < -0.39 is 26.2 Å². The molecule has 1 fully saturated rings. The van der Waals surface area contributed by atoms with Gasteiger partial charge in [0.05, 0.1) is 12.8 Å². The van der Waals surface area contributed by atoms with Crippen molar-refractivity contribution in [1.82, 2.24) is 0 Å². The second-order valence-corrected chi connectivity index (χ2v) is 9.12. The number of carboxylic acid groups (broad SMARTS) is 1. The lowest BCUT2D eigenvalue weighted by Gasteiger charge is -2.23. The monoisotopic (exact) mass is 406 g/mol. The molecule has 0 heterocycles. The van der Waals surface area contributed by atoms with Gasteiger partial charge in [-0.15, -0.1) is 0 Å². The van der Waals surface area contributed by atoms with Crippen molar-refractivity contribution in [1.29, 1.82) is 0 Å². The predicted molar refractivity (Wildman–Crippen MR) is 112 cm³/mol. The molecule has 5 nitrogen and oxygen atoms in total. The first kappa shape index (κ1) is 22.6. The molecule has 0 saturated heterocycles. The number of hydrogen-bond donors (Lipinski definition) is 1. The fourth-order valence-corrected chi connectivity index (χ4v) is 4.76. The van der Waals surface area contributed by atoms with E-state index in [1.54, 1.807) is 0 Å². The van der Waals surface area contributed by atoms with Gasteiger partial charge in [-0.25, -0.2) is 0 Å². The average molecular weight is 406 g/mol. The summed E-state index contributed by atoms with van der Waals surface area (Å²) in [5, 5.41) is 8.56. The van der Waals surface area contributed by atoms with Crippen LogP contribution >= 0.6 is 8.03 Å². The Balaban J connectivity index is 1.95. The molecule has 1 unspecified atom stereocenters. The van der Waals surface area contributed by atoms with Gasteiger partial charge in [0.1, 0.15) is 6.42 Å². The third kappa shape index (κ3) is 7.73. The Morgan fingerprint density at radius 2 is 1.93 bits per heavy atom. The number of hydrogen-bond acceptors (Lipinski definition) is 4. The molecule has 154 valence electrons. The van der Waals surface area contributed by atoms with E-state index in [1.807, 2.05) is 12.2 Å². The Morgan fingerprint density at radius 3 is 2.61 bits per heavy atom. The SMILES string of the molecule is Cc1cc(C)c(C=CCO[PH](=O)CC(=O)CC(=O)O)c(CC2CCCCC2)c1. The Hall–Kier alpha value is -1.71. The topological polar surface area (TPSA) is 80.7 Å². The molecule has 0 spiro atoms. The molecular formula is C22H31O5P. The maximum absolute atomic E-state index is 11.8. The molecule has 1 aliphatic rings. The van der Waals surface area contributed by atoms with Crippen LogP contribution in [0.1, 0.15) is 60.8 Å². The molecule has 0 radical (unpaired) electrons. The summed E-state index contributed by atoms with van der Waals surface area (Å²) in [7, 11) is -2.55. The molecule has 0 aromatic heterocycles. The molecule has 0 bridgehead atoms. The highest BCUT2D eigenvalue weighted by atomic mass is 31.1. The van der Waals surface area contributed by atoms with E-state index in [-0.39, 0.29) is 12.8 Å². The molecule has 28 heavy (non-hydrogen) atoms. The standard InChI is InChI=1S/C22H31O5P/c1-16-11-17(2)21(19(12-16)13-18-7-4-3-5-8-18)9-6-10-27-28(26)15-20(23)14-22(24)25/h6,9,11-12,18,28H,3-5,7-8,10,13-15H2,1-2H3,(H,24,25). The number of benzene rings is 1. The molecular weight excluding hydrogens is 375 g/mol. The third-order valence-electron chi connectivity index (χ3n) is 5.17. The van der Waals surface area contributed by atoms with Crippen LogP contribution < -0.4 is 0 Å². The molecule has 0 amide bonds. The fourth-order valence-electron chi connectivity index (χ4n) is 3.93. The Kier molecular flexibility index (Phi) is 9.14. The highest BCUT2D eigenvalue weighted by Gasteiger charge is 2.16. The van der Waals surface area contributed by atoms with Gasteiger partial charge < -0.3 is 9.63 Å². The average Bonchev–Trinajstić information content (AvgIpc) is 2.60. The number of rotatable bonds is 10. The first-order valence-electron chi connectivity index (χ1n) is 10.0. The number of carbonyl (C=O) groups excluding carboxylic acids is 1. The van der Waals surface area contributed by atoms with Crippen molar-refractivity contribution < 1.29 is 23.8 Å². The van der Waals surface area contributed by atoms with Gasteiger partial charge in [0.25, 0.3) is 0 Å². The van der Waals surface area contributed by atoms with Crippen molar-refractivity contribution in [3.8, 4) is 0 Å². The lowest BCUT2D eigenvalue weighted by molar-refractivity contribution is -0.139. The van der Waals surface area contributed by atoms with E-state index in [1.165, 1.54) is 54.4 Å². The van der Waals surface area contributed by atoms with Crippen molar-refractivity contribution >= 4 is 25.9 Å². The highest BCUT2D eigenvalue weighted by Crippen LogP contribution is 2.30. The van der Waals surface area contributed by atoms with Crippen LogP contribution in [0.25, 0.3) is 6.08 Å². The second kappa shape index (κ2) is 11.3. The van der Waals surface area contributed by atoms with Crippen LogP contribution in [-0.2, 0) is 25.1 Å². The molecule has 1 atom stereocenters. The van der Waals surface area contributed by atoms with Crippen LogP contribution in [0.2, 0.25) is 0 Å². The van der Waals surface area contributed by atoms with E-state index >= 15 is 0 Å². The van der Waals surface area contributed by atoms with Crippen LogP contribution in [0.3, 0.4) is 0 Å². The number of aliphatic carboxylic acids is 1. The Morgan fingerprint density at radius 1 is 1.21 bits per heavy atom. The molecule has 1 aliphatic carbocycles. The minimum atomic E-state index is -2.55. The highest BCUT2D eigenvalue weighted by molar-refractivity contribution is 7.40. The summed E-state index contributed by atoms with van der Waals surface area (Å²) in [6, 6.07) is 4.42. The zero-order valence-electron chi connectivity index (χ0n) is 16.8. The quantitative estimate of drug-likeness (QED) is 0.438. The van der Waals surface area contributed by atoms with Crippen molar-refractivity contribution in [2.45, 2.75) is 58.8 Å². The van der Waals surface area contributed by atoms with E-state index in [2.05, 4.69) is 26.0 Å². The van der Waals surface area contributed by atoms with Gasteiger partial charge in [-0.1, -0.05) is 62.0 Å². The Bertz CT molecular complexity index is 748. The molecule has 1 aromatic carbocycles. The van der Waals surface area contributed by atoms with E-state index in [4.69, 9.17) is 9.63 Å². The van der Waals surface area contributed by atoms with E-state index in [9.17, 15) is 14.2 Å². The van der Waals surface area contributed by atoms with Gasteiger partial charge in [-0.2, -0.15) is 0 Å². The molecule has 1 N–H and O–H groups in total. The molecule has 1 saturated carbocycles. The zero-order chi connectivity index (χ0) is 20.5. The maximum atomic E-state index is 11.8. The predicted octanol–water partition coefficient (Wildman–Crippen LogP) is 4.97. The summed E-state index contributed by atoms with van der Waals surface area (Å²) >= 11 is 0. The number of ketones is 1. The summed E-state index contributed by atoms with van der Waals surface area (Å²) in [4.78, 5) is 21.9. The first-order valence-corrected chi connectivity index (χ1v) is 11.5. The number of carbonyl (C=O) groups is 2. The normalized spacial score (nSPS) is 16.4. The summed E-state index contributed by atoms with van der Waals surface area (Å²) in [5.41, 5.74) is 5.02. The van der Waals surface area contributed by atoms with Crippen molar-refractivity contribution in [2.75, 3.05) is 12.8 Å². The maximum Gasteiger partial charge on any atom is 0.310 e. The summed E-state index contributed by atoms with van der Waals surface area (Å²) in [6.07, 6.45) is 10.6. The number of aryl methyl sites for hydroxylation is 2. The zero-order valence-corrected chi connectivity index (χ0v) is 17.8. The Labute approximate surface area is 168 Å². The molecule has 1 aromatic rings. The molecule has 6 heteroatoms. The van der Waals surface area contributed by atoms with E-state index in [0.717, 1.165) is 12.3 Å². The van der Waals surface area contributed by atoms with Crippen molar-refractivity contribution in [3.05, 3.63) is 40.5 Å². The van der Waals surface area contributed by atoms with Gasteiger partial charge in [-0.3, -0.25) is 14.2 Å². The summed E-state index contributed by atoms with van der Waals surface area (Å²) < 4.78 is 17.0. The molecule has 2 rings (SSSR count). The largest absolute Gasteiger partial charge is 0.481 e. The third-order valence-corrected chi connectivity index (χ3v) is 6.34. The fraction of sp³-hybridized carbons (Fsp3) is 0.545. The van der Waals surface area contributed by atoms with Crippen molar-refractivity contribution in [3.63, 3.8) is 0 Å². The van der Waals surface area contributed by atoms with Gasteiger partial charge in [-0.05, 0) is 42.9 Å². The second-order valence-electron chi connectivity index (χ2n) is 7.73. The number of Topliss-reactive ketones (excluding diaryl/α,β-unsaturated/α-hetero) is 1. The van der Waals surface area contributed by atoms with Crippen LogP contribution in [-0.4, -0.2) is 29.6 Å². The minimum Gasteiger partial charge on any atom is -0.481 e. The van der Waals surface area contributed by atoms with Gasteiger partial charge in [0, 0.05) is 0 Å². The van der Waals surface area contributed by atoms with Crippen LogP contribution in [0, 0.1) is 19.8 Å². The van der Waals surface area contributed by atoms with Crippen molar-refractivity contribution in [2.24, 2.45) is 5.92 Å². The van der Waals surface area contributed by atoms with Gasteiger partial charge >= 0.3 is 5.97 Å². The minimum absolute atomic E-state index is 0.147. The summed E-state index contributed by atoms with van der Waals surface area (Å²) in [5.74, 6) is -1.03. The molecule has 0 aliphatic heterocycles. The van der Waals surface area contributed by atoms with Gasteiger partial charge in [0.2, 0.25) is 0 Å². The van der Waals surface area contributed by atoms with Crippen LogP contribution in [0.4, 0.5) is 0 Å². The van der Waals surface area contributed by atoms with Gasteiger partial charge in [0.15, 0.2) is 13.8 Å². The van der Waals surface area contributed by atoms with E-state index in [0.29, 0.717) is 0 Å². The first-order chi connectivity index (χ1) is 13.3. The van der Waals surface area contributed by atoms with Crippen LogP contribution in [0.5, 0.6) is 0 Å². The smallest absolute Gasteiger partial charge is 0.310 e. The summed E-state index contributed by atoms with van der Waals surface area (Å²) in [6.45, 7) is 4.37.